The minimum Gasteiger partial charge on any atom is -0.347 e. The van der Waals surface area contributed by atoms with E-state index in [9.17, 15) is 13.2 Å². The molecule has 0 aliphatic carbocycles. The van der Waals surface area contributed by atoms with Gasteiger partial charge in [0.05, 0.1) is 25.2 Å². The van der Waals surface area contributed by atoms with Gasteiger partial charge in [0, 0.05) is 37.5 Å². The number of amides is 1. The average Bonchev–Trinajstić information content (AvgIpc) is 3.17. The Balaban J connectivity index is 1.51. The lowest BCUT2D eigenvalue weighted by molar-refractivity contribution is -0.181. The van der Waals surface area contributed by atoms with Gasteiger partial charge >= 0.3 is 0 Å². The second-order valence-electron chi connectivity index (χ2n) is 7.36. The molecule has 1 aromatic carbocycles. The first-order valence-corrected chi connectivity index (χ1v) is 10.8. The number of carbonyl (C=O) groups is 1. The van der Waals surface area contributed by atoms with Crippen molar-refractivity contribution in [3.8, 4) is 0 Å². The molecular formula is C18H24N2O5S. The quantitative estimate of drug-likeness (QED) is 0.775. The Morgan fingerprint density at radius 3 is 2.46 bits per heavy atom. The van der Waals surface area contributed by atoms with Gasteiger partial charge in [-0.15, -0.1) is 0 Å². The fourth-order valence-electron chi connectivity index (χ4n) is 4.26. The fraction of sp³-hybridized carbons (Fsp3) is 0.611. The van der Waals surface area contributed by atoms with E-state index < -0.39 is 15.8 Å². The lowest BCUT2D eigenvalue weighted by Gasteiger charge is -2.37. The summed E-state index contributed by atoms with van der Waals surface area (Å²) in [6.45, 7) is 4.32. The summed E-state index contributed by atoms with van der Waals surface area (Å²) >= 11 is 0. The zero-order valence-electron chi connectivity index (χ0n) is 15.1. The van der Waals surface area contributed by atoms with Crippen LogP contribution in [0.25, 0.3) is 0 Å². The summed E-state index contributed by atoms with van der Waals surface area (Å²) in [5.41, 5.74) is 2.20. The molecule has 3 aliphatic heterocycles. The molecule has 26 heavy (non-hydrogen) atoms. The van der Waals surface area contributed by atoms with E-state index in [-0.39, 0.29) is 11.9 Å². The van der Waals surface area contributed by atoms with E-state index in [2.05, 4.69) is 0 Å². The first-order chi connectivity index (χ1) is 12.3. The number of rotatable bonds is 2. The van der Waals surface area contributed by atoms with E-state index in [1.165, 1.54) is 10.6 Å². The molecule has 0 radical (unpaired) electrons. The molecule has 0 N–H and O–H groups in total. The highest BCUT2D eigenvalue weighted by Gasteiger charge is 2.41. The molecule has 3 aliphatic rings. The normalized spacial score (nSPS) is 24.9. The van der Waals surface area contributed by atoms with Crippen LogP contribution in [0.1, 0.15) is 35.7 Å². The highest BCUT2D eigenvalue weighted by Crippen LogP contribution is 2.36. The highest BCUT2D eigenvalue weighted by atomic mass is 32.2. The Bertz CT molecular complexity index is 822. The topological polar surface area (TPSA) is 76.2 Å². The van der Waals surface area contributed by atoms with E-state index in [1.807, 2.05) is 17.9 Å². The minimum absolute atomic E-state index is 0.0221. The van der Waals surface area contributed by atoms with Crippen LogP contribution < -0.4 is 4.31 Å². The van der Waals surface area contributed by atoms with Crippen LogP contribution in [0.4, 0.5) is 5.69 Å². The van der Waals surface area contributed by atoms with Gasteiger partial charge in [0.2, 0.25) is 10.0 Å². The molecule has 0 bridgehead atoms. The van der Waals surface area contributed by atoms with Crippen LogP contribution in [-0.2, 0) is 25.9 Å². The molecule has 7 nitrogen and oxygen atoms in total. The van der Waals surface area contributed by atoms with Crippen LogP contribution in [0, 0.1) is 0 Å². The Morgan fingerprint density at radius 1 is 1.19 bits per heavy atom. The summed E-state index contributed by atoms with van der Waals surface area (Å²) in [6.07, 6.45) is 3.20. The molecule has 2 fully saturated rings. The van der Waals surface area contributed by atoms with Gasteiger partial charge in [0.25, 0.3) is 5.91 Å². The Hall–Kier alpha value is -1.64. The van der Waals surface area contributed by atoms with E-state index in [1.54, 1.807) is 12.1 Å². The van der Waals surface area contributed by atoms with Gasteiger partial charge in [-0.25, -0.2) is 8.42 Å². The summed E-state index contributed by atoms with van der Waals surface area (Å²) < 4.78 is 36.9. The molecule has 1 amide bonds. The maximum atomic E-state index is 12.9. The number of nitrogens with zero attached hydrogens (tertiary/aromatic N) is 2. The molecule has 4 rings (SSSR count). The second kappa shape index (κ2) is 6.21. The van der Waals surface area contributed by atoms with E-state index in [0.717, 1.165) is 5.56 Å². The summed E-state index contributed by atoms with van der Waals surface area (Å²) in [4.78, 5) is 14.7. The van der Waals surface area contributed by atoms with Gasteiger partial charge in [-0.1, -0.05) is 0 Å². The van der Waals surface area contributed by atoms with Crippen LogP contribution >= 0.6 is 0 Å². The number of likely N-dealkylation sites (tertiary alicyclic amines) is 1. The Morgan fingerprint density at radius 2 is 1.85 bits per heavy atom. The number of sulfonamides is 1. The average molecular weight is 380 g/mol. The summed E-state index contributed by atoms with van der Waals surface area (Å²) in [6, 6.07) is 5.19. The molecule has 0 aromatic heterocycles. The smallest absolute Gasteiger partial charge is 0.253 e. The molecule has 142 valence electrons. The van der Waals surface area contributed by atoms with Crippen molar-refractivity contribution in [2.24, 2.45) is 0 Å². The molecule has 1 atom stereocenters. The van der Waals surface area contributed by atoms with Crippen molar-refractivity contribution in [2.75, 3.05) is 36.9 Å². The highest BCUT2D eigenvalue weighted by molar-refractivity contribution is 7.92. The zero-order valence-corrected chi connectivity index (χ0v) is 15.9. The van der Waals surface area contributed by atoms with Gasteiger partial charge in [-0.05, 0) is 37.1 Å². The number of fused-ring (bicyclic) bond motifs is 1. The third-order valence-corrected chi connectivity index (χ3v) is 6.73. The molecule has 0 saturated carbocycles. The van der Waals surface area contributed by atoms with E-state index in [4.69, 9.17) is 9.47 Å². The van der Waals surface area contributed by atoms with E-state index >= 15 is 0 Å². The van der Waals surface area contributed by atoms with Crippen LogP contribution in [0.3, 0.4) is 0 Å². The third kappa shape index (κ3) is 3.00. The Labute approximate surface area is 153 Å². The lowest BCUT2D eigenvalue weighted by Crippen LogP contribution is -2.47. The van der Waals surface area contributed by atoms with Gasteiger partial charge < -0.3 is 14.4 Å². The molecule has 1 unspecified atom stereocenters. The first kappa shape index (κ1) is 17.8. The number of carbonyl (C=O) groups excluding carboxylic acids is 1. The summed E-state index contributed by atoms with van der Waals surface area (Å²) in [5, 5.41) is 0. The molecule has 8 heteroatoms. The molecule has 2 saturated heterocycles. The SMILES string of the molecule is CC1Cc2cc(C(=O)N3CCC4(CC3)OCCO4)ccc2N1S(C)(=O)=O. The zero-order chi connectivity index (χ0) is 18.5. The molecule has 1 aromatic rings. The van der Waals surface area contributed by atoms with Crippen molar-refractivity contribution >= 4 is 21.6 Å². The largest absolute Gasteiger partial charge is 0.347 e. The molecular weight excluding hydrogens is 356 g/mol. The number of hydrogen-bond donors (Lipinski definition) is 0. The summed E-state index contributed by atoms with van der Waals surface area (Å²) in [7, 11) is -3.32. The van der Waals surface area contributed by atoms with Gasteiger partial charge in [-0.2, -0.15) is 0 Å². The van der Waals surface area contributed by atoms with Crippen molar-refractivity contribution in [1.82, 2.24) is 4.90 Å². The third-order valence-electron chi connectivity index (χ3n) is 5.46. The Kier molecular flexibility index (Phi) is 4.24. The van der Waals surface area contributed by atoms with Crippen LogP contribution in [0.5, 0.6) is 0 Å². The standard InChI is InChI=1S/C18H24N2O5S/c1-13-11-15-12-14(3-4-16(15)20(13)26(2,22)23)17(21)19-7-5-18(6-8-19)24-9-10-25-18/h3-4,12-13H,5-11H2,1-2H3. The number of piperidine rings is 1. The number of anilines is 1. The first-order valence-electron chi connectivity index (χ1n) is 8.99. The molecule has 1 spiro atoms. The van der Waals surface area contributed by atoms with Crippen molar-refractivity contribution in [3.05, 3.63) is 29.3 Å². The predicted octanol–water partition coefficient (Wildman–Crippen LogP) is 1.38. The van der Waals surface area contributed by atoms with Gasteiger partial charge in [0.1, 0.15) is 0 Å². The number of hydrogen-bond acceptors (Lipinski definition) is 5. The predicted molar refractivity (Wildman–Crippen MR) is 96.7 cm³/mol. The maximum absolute atomic E-state index is 12.9. The van der Waals surface area contributed by atoms with Gasteiger partial charge in [-0.3, -0.25) is 9.10 Å². The van der Waals surface area contributed by atoms with Crippen molar-refractivity contribution in [2.45, 2.75) is 38.0 Å². The molecule has 3 heterocycles. The van der Waals surface area contributed by atoms with E-state index in [0.29, 0.717) is 56.8 Å². The fourth-order valence-corrected chi connectivity index (χ4v) is 5.52. The van der Waals surface area contributed by atoms with Crippen molar-refractivity contribution in [1.29, 1.82) is 0 Å². The van der Waals surface area contributed by atoms with Gasteiger partial charge in [0.15, 0.2) is 5.79 Å². The van der Waals surface area contributed by atoms with Crippen LogP contribution in [-0.4, -0.2) is 63.6 Å². The summed E-state index contributed by atoms with van der Waals surface area (Å²) in [5.74, 6) is -0.522. The number of ether oxygens (including phenoxy) is 2. The minimum atomic E-state index is -3.32. The monoisotopic (exact) mass is 380 g/mol. The lowest BCUT2D eigenvalue weighted by atomic mass is 10.0. The van der Waals surface area contributed by atoms with Crippen LogP contribution in [0.15, 0.2) is 18.2 Å². The maximum Gasteiger partial charge on any atom is 0.253 e. The number of benzene rings is 1. The van der Waals surface area contributed by atoms with Crippen LogP contribution in [0.2, 0.25) is 0 Å². The van der Waals surface area contributed by atoms with Crippen molar-refractivity contribution < 1.29 is 22.7 Å². The second-order valence-corrected chi connectivity index (χ2v) is 9.21. The van der Waals surface area contributed by atoms with Crippen molar-refractivity contribution in [3.63, 3.8) is 0 Å².